The second kappa shape index (κ2) is 5.96. The average molecular weight is 321 g/mol. The van der Waals surface area contributed by atoms with E-state index in [-0.39, 0.29) is 17.5 Å². The Bertz CT molecular complexity index is 900. The molecular weight excluding hydrogens is 305 g/mol. The normalized spacial score (nSPS) is 13.6. The van der Waals surface area contributed by atoms with Crippen molar-refractivity contribution in [3.05, 3.63) is 77.8 Å². The summed E-state index contributed by atoms with van der Waals surface area (Å²) < 4.78 is 19.1. The van der Waals surface area contributed by atoms with Gasteiger partial charge in [0, 0.05) is 17.8 Å². The number of carbonyl (C=O) groups excluding carboxylic acids is 1. The molecule has 2 heterocycles. The lowest BCUT2D eigenvalue weighted by molar-refractivity contribution is 0.0959. The Hall–Kier alpha value is -2.88. The van der Waals surface area contributed by atoms with Crippen LogP contribution in [0, 0.1) is 5.82 Å². The van der Waals surface area contributed by atoms with Gasteiger partial charge in [0.25, 0.3) is 5.91 Å². The molecule has 1 aromatic heterocycles. The van der Waals surface area contributed by atoms with Crippen LogP contribution in [0.4, 0.5) is 10.1 Å². The minimum absolute atomic E-state index is 0.162. The number of nitrogens with zero attached hydrogens (tertiary/aromatic N) is 1. The predicted octanol–water partition coefficient (Wildman–Crippen LogP) is 4.68. The zero-order valence-corrected chi connectivity index (χ0v) is 13.0. The number of hydrogen-bond acceptors (Lipinski definition) is 2. The maximum absolute atomic E-state index is 13.4. The molecule has 0 spiro atoms. The van der Waals surface area contributed by atoms with Crippen molar-refractivity contribution in [2.24, 2.45) is 0 Å². The number of amides is 1. The lowest BCUT2D eigenvalue weighted by atomic mass is 10.0. The number of furan rings is 1. The number of para-hydroxylation sites is 1. The Balaban J connectivity index is 1.65. The molecule has 1 aliphatic heterocycles. The van der Waals surface area contributed by atoms with E-state index in [9.17, 15) is 9.18 Å². The average Bonchev–Trinajstić information content (AvgIpc) is 3.11. The minimum atomic E-state index is -0.332. The Morgan fingerprint density at radius 1 is 1.04 bits per heavy atom. The van der Waals surface area contributed by atoms with Gasteiger partial charge in [-0.05, 0) is 48.7 Å². The van der Waals surface area contributed by atoms with Crippen LogP contribution in [0.3, 0.4) is 0 Å². The first kappa shape index (κ1) is 14.7. The second-order valence-electron chi connectivity index (χ2n) is 5.86. The molecule has 0 N–H and O–H groups in total. The Labute approximate surface area is 139 Å². The maximum Gasteiger partial charge on any atom is 0.293 e. The first-order valence-electron chi connectivity index (χ1n) is 7.98. The molecule has 0 atom stereocenters. The minimum Gasteiger partial charge on any atom is -0.451 e. The van der Waals surface area contributed by atoms with Crippen LogP contribution in [0.15, 0.2) is 65.1 Å². The second-order valence-corrected chi connectivity index (χ2v) is 5.86. The summed E-state index contributed by atoms with van der Waals surface area (Å²) in [5.41, 5.74) is 2.74. The lowest BCUT2D eigenvalue weighted by Gasteiger charge is -2.28. The van der Waals surface area contributed by atoms with E-state index in [0.29, 0.717) is 17.9 Å². The van der Waals surface area contributed by atoms with Crippen LogP contribution in [0.25, 0.3) is 11.3 Å². The third-order valence-electron chi connectivity index (χ3n) is 4.28. The van der Waals surface area contributed by atoms with Crippen LogP contribution in [-0.4, -0.2) is 12.5 Å². The molecule has 1 aliphatic rings. The van der Waals surface area contributed by atoms with Gasteiger partial charge < -0.3 is 9.32 Å². The first-order chi connectivity index (χ1) is 11.7. The van der Waals surface area contributed by atoms with E-state index < -0.39 is 0 Å². The summed E-state index contributed by atoms with van der Waals surface area (Å²) in [4.78, 5) is 14.6. The summed E-state index contributed by atoms with van der Waals surface area (Å²) in [6.07, 6.45) is 1.91. The molecule has 0 bridgehead atoms. The Morgan fingerprint density at radius 3 is 2.79 bits per heavy atom. The highest BCUT2D eigenvalue weighted by Crippen LogP contribution is 2.29. The smallest absolute Gasteiger partial charge is 0.293 e. The summed E-state index contributed by atoms with van der Waals surface area (Å²) in [7, 11) is 0. The first-order valence-corrected chi connectivity index (χ1v) is 7.98. The van der Waals surface area contributed by atoms with E-state index in [1.807, 2.05) is 18.2 Å². The zero-order valence-electron chi connectivity index (χ0n) is 13.0. The summed E-state index contributed by atoms with van der Waals surface area (Å²) in [6, 6.07) is 17.4. The number of hydrogen-bond donors (Lipinski definition) is 0. The summed E-state index contributed by atoms with van der Waals surface area (Å²) >= 11 is 0. The van der Waals surface area contributed by atoms with Crippen molar-refractivity contribution in [1.29, 1.82) is 0 Å². The van der Waals surface area contributed by atoms with Gasteiger partial charge in [0.1, 0.15) is 11.6 Å². The van der Waals surface area contributed by atoms with Crippen molar-refractivity contribution < 1.29 is 13.6 Å². The topological polar surface area (TPSA) is 33.5 Å². The SMILES string of the molecule is O=C(c1ccc(-c2cccc(F)c2)o1)N1CCCc2ccccc21. The van der Waals surface area contributed by atoms with Crippen molar-refractivity contribution in [2.45, 2.75) is 12.8 Å². The number of fused-ring (bicyclic) bond motifs is 1. The van der Waals surface area contributed by atoms with Crippen LogP contribution >= 0.6 is 0 Å². The van der Waals surface area contributed by atoms with Crippen molar-refractivity contribution in [3.8, 4) is 11.3 Å². The Kier molecular flexibility index (Phi) is 3.65. The molecule has 3 nitrogen and oxygen atoms in total. The third-order valence-corrected chi connectivity index (χ3v) is 4.28. The molecule has 0 fully saturated rings. The highest BCUT2D eigenvalue weighted by Gasteiger charge is 2.25. The van der Waals surface area contributed by atoms with E-state index in [1.54, 1.807) is 29.2 Å². The fourth-order valence-corrected chi connectivity index (χ4v) is 3.13. The summed E-state index contributed by atoms with van der Waals surface area (Å²) in [5, 5.41) is 0. The van der Waals surface area contributed by atoms with Gasteiger partial charge >= 0.3 is 0 Å². The number of aryl methyl sites for hydroxylation is 1. The fourth-order valence-electron chi connectivity index (χ4n) is 3.13. The fraction of sp³-hybridized carbons (Fsp3) is 0.150. The van der Waals surface area contributed by atoms with Gasteiger partial charge in [-0.2, -0.15) is 0 Å². The molecule has 0 aliphatic carbocycles. The standard InChI is InChI=1S/C20H16FNO2/c21-16-8-3-6-15(13-16)18-10-11-19(24-18)20(23)22-12-4-7-14-5-1-2-9-17(14)22/h1-3,5-6,8-11,13H,4,7,12H2. The molecule has 3 aromatic rings. The van der Waals surface area contributed by atoms with Crippen molar-refractivity contribution in [2.75, 3.05) is 11.4 Å². The molecule has 0 unspecified atom stereocenters. The molecule has 4 rings (SSSR count). The molecule has 120 valence electrons. The maximum atomic E-state index is 13.4. The third kappa shape index (κ3) is 2.60. The van der Waals surface area contributed by atoms with Gasteiger partial charge in [-0.25, -0.2) is 4.39 Å². The van der Waals surface area contributed by atoms with Gasteiger partial charge in [0.05, 0.1) is 0 Å². The molecule has 4 heteroatoms. The van der Waals surface area contributed by atoms with Gasteiger partial charge in [-0.3, -0.25) is 4.79 Å². The highest BCUT2D eigenvalue weighted by molar-refractivity contribution is 6.05. The van der Waals surface area contributed by atoms with Gasteiger partial charge in [0.2, 0.25) is 0 Å². The number of carbonyl (C=O) groups is 1. The van der Waals surface area contributed by atoms with Crippen LogP contribution in [-0.2, 0) is 6.42 Å². The van der Waals surface area contributed by atoms with E-state index in [4.69, 9.17) is 4.42 Å². The molecule has 0 radical (unpaired) electrons. The monoisotopic (exact) mass is 321 g/mol. The molecule has 2 aromatic carbocycles. The summed E-state index contributed by atoms with van der Waals surface area (Å²) in [6.45, 7) is 0.672. The van der Waals surface area contributed by atoms with Crippen LogP contribution in [0.5, 0.6) is 0 Å². The van der Waals surface area contributed by atoms with Gasteiger partial charge in [0.15, 0.2) is 5.76 Å². The summed E-state index contributed by atoms with van der Waals surface area (Å²) in [5.74, 6) is 0.264. The zero-order chi connectivity index (χ0) is 16.5. The number of benzene rings is 2. The molecule has 0 saturated heterocycles. The number of anilines is 1. The van der Waals surface area contributed by atoms with Gasteiger partial charge in [-0.15, -0.1) is 0 Å². The highest BCUT2D eigenvalue weighted by atomic mass is 19.1. The Morgan fingerprint density at radius 2 is 1.92 bits per heavy atom. The quantitative estimate of drug-likeness (QED) is 0.687. The number of halogens is 1. The van der Waals surface area contributed by atoms with E-state index in [0.717, 1.165) is 18.5 Å². The van der Waals surface area contributed by atoms with E-state index in [2.05, 4.69) is 6.07 Å². The predicted molar refractivity (Wildman–Crippen MR) is 90.5 cm³/mol. The molecule has 0 saturated carbocycles. The largest absolute Gasteiger partial charge is 0.451 e. The van der Waals surface area contributed by atoms with Gasteiger partial charge in [-0.1, -0.05) is 30.3 Å². The molecule has 24 heavy (non-hydrogen) atoms. The van der Waals surface area contributed by atoms with Crippen molar-refractivity contribution in [1.82, 2.24) is 0 Å². The van der Waals surface area contributed by atoms with Crippen LogP contribution in [0.1, 0.15) is 22.5 Å². The van der Waals surface area contributed by atoms with Crippen molar-refractivity contribution >= 4 is 11.6 Å². The molecule has 1 amide bonds. The van der Waals surface area contributed by atoms with Crippen LogP contribution < -0.4 is 4.90 Å². The van der Waals surface area contributed by atoms with Crippen molar-refractivity contribution in [3.63, 3.8) is 0 Å². The lowest BCUT2D eigenvalue weighted by Crippen LogP contribution is -2.35. The number of rotatable bonds is 2. The van der Waals surface area contributed by atoms with E-state index >= 15 is 0 Å². The van der Waals surface area contributed by atoms with Crippen LogP contribution in [0.2, 0.25) is 0 Å². The molecular formula is C20H16FNO2. The van der Waals surface area contributed by atoms with E-state index in [1.165, 1.54) is 17.7 Å².